The Morgan fingerprint density at radius 3 is 2.24 bits per heavy atom. The van der Waals surface area contributed by atoms with Gasteiger partial charge < -0.3 is 14.4 Å². The van der Waals surface area contributed by atoms with Crippen LogP contribution < -0.4 is 14.4 Å². The van der Waals surface area contributed by atoms with Crippen molar-refractivity contribution < 1.29 is 9.47 Å². The molecule has 0 spiro atoms. The van der Waals surface area contributed by atoms with Gasteiger partial charge in [-0.15, -0.1) is 24.8 Å². The molecule has 0 N–H and O–H groups in total. The van der Waals surface area contributed by atoms with Crippen LogP contribution in [0.2, 0.25) is 0 Å². The van der Waals surface area contributed by atoms with Crippen molar-refractivity contribution in [2.24, 2.45) is 0 Å². The van der Waals surface area contributed by atoms with E-state index in [0.29, 0.717) is 0 Å². The van der Waals surface area contributed by atoms with Crippen LogP contribution >= 0.6 is 24.8 Å². The first-order chi connectivity index (χ1) is 11.3. The van der Waals surface area contributed by atoms with Gasteiger partial charge >= 0.3 is 0 Å². The van der Waals surface area contributed by atoms with Crippen LogP contribution in [0.3, 0.4) is 0 Å². The highest BCUT2D eigenvalue weighted by molar-refractivity contribution is 5.85. The lowest BCUT2D eigenvalue weighted by molar-refractivity contribution is 0.245. The number of rotatable bonds is 5. The van der Waals surface area contributed by atoms with E-state index in [1.807, 2.05) is 18.2 Å². The first-order valence-electron chi connectivity index (χ1n) is 7.75. The predicted octanol–water partition coefficient (Wildman–Crippen LogP) is 2.66. The minimum absolute atomic E-state index is 0. The third-order valence-electron chi connectivity index (χ3n) is 4.10. The number of anilines is 1. The summed E-state index contributed by atoms with van der Waals surface area (Å²) in [7, 11) is 3.36. The van der Waals surface area contributed by atoms with Crippen LogP contribution in [0, 0.1) is 0 Å². The van der Waals surface area contributed by atoms with E-state index < -0.39 is 0 Å². The average molecular weight is 387 g/mol. The van der Waals surface area contributed by atoms with Gasteiger partial charge in [-0.05, 0) is 12.1 Å². The molecule has 2 aromatic rings. The Morgan fingerprint density at radius 2 is 1.64 bits per heavy atom. The molecular formula is C17H24Cl2N4O2. The number of hydrogen-bond donors (Lipinski definition) is 0. The van der Waals surface area contributed by atoms with E-state index in [-0.39, 0.29) is 24.8 Å². The van der Waals surface area contributed by atoms with E-state index in [4.69, 9.17) is 9.47 Å². The molecule has 138 valence electrons. The Bertz CT molecular complexity index is 638. The van der Waals surface area contributed by atoms with Gasteiger partial charge in [-0.3, -0.25) is 4.90 Å². The molecule has 25 heavy (non-hydrogen) atoms. The van der Waals surface area contributed by atoms with E-state index in [9.17, 15) is 0 Å². The fourth-order valence-corrected chi connectivity index (χ4v) is 2.78. The zero-order chi connectivity index (χ0) is 16.1. The Kier molecular flexibility index (Phi) is 8.75. The maximum Gasteiger partial charge on any atom is 0.225 e. The second-order valence-corrected chi connectivity index (χ2v) is 5.49. The SMILES string of the molecule is COc1ccc(CN2CCN(c3ncccn3)CC2)c(OC)c1.Cl.Cl. The molecule has 0 saturated carbocycles. The highest BCUT2D eigenvalue weighted by atomic mass is 35.5. The van der Waals surface area contributed by atoms with Crippen molar-refractivity contribution in [1.82, 2.24) is 14.9 Å². The summed E-state index contributed by atoms with van der Waals surface area (Å²) in [5, 5.41) is 0. The number of hydrogen-bond acceptors (Lipinski definition) is 6. The van der Waals surface area contributed by atoms with Gasteiger partial charge in [0.2, 0.25) is 5.95 Å². The topological polar surface area (TPSA) is 50.7 Å². The molecule has 6 nitrogen and oxygen atoms in total. The van der Waals surface area contributed by atoms with Crippen LogP contribution in [-0.4, -0.2) is 55.3 Å². The highest BCUT2D eigenvalue weighted by Crippen LogP contribution is 2.26. The van der Waals surface area contributed by atoms with Crippen LogP contribution in [0.5, 0.6) is 11.5 Å². The van der Waals surface area contributed by atoms with Crippen molar-refractivity contribution in [3.05, 3.63) is 42.2 Å². The summed E-state index contributed by atoms with van der Waals surface area (Å²) < 4.78 is 10.7. The average Bonchev–Trinajstić information content (AvgIpc) is 2.63. The van der Waals surface area contributed by atoms with E-state index >= 15 is 0 Å². The molecule has 1 aromatic carbocycles. The number of benzene rings is 1. The number of halogens is 2. The van der Waals surface area contributed by atoms with Crippen LogP contribution in [0.25, 0.3) is 0 Å². The van der Waals surface area contributed by atoms with Gasteiger partial charge in [-0.25, -0.2) is 9.97 Å². The summed E-state index contributed by atoms with van der Waals surface area (Å²) >= 11 is 0. The minimum atomic E-state index is 0. The van der Waals surface area contributed by atoms with Gasteiger partial charge in [0.05, 0.1) is 14.2 Å². The third kappa shape index (κ3) is 5.36. The number of aromatic nitrogens is 2. The number of ether oxygens (including phenoxy) is 2. The third-order valence-corrected chi connectivity index (χ3v) is 4.10. The second kappa shape index (κ2) is 10.3. The van der Waals surface area contributed by atoms with E-state index in [2.05, 4.69) is 25.8 Å². The van der Waals surface area contributed by atoms with Crippen molar-refractivity contribution in [2.75, 3.05) is 45.3 Å². The predicted molar refractivity (Wildman–Crippen MR) is 104 cm³/mol. The van der Waals surface area contributed by atoms with Gasteiger partial charge in [-0.2, -0.15) is 0 Å². The summed E-state index contributed by atoms with van der Waals surface area (Å²) in [5.41, 5.74) is 1.18. The molecular weight excluding hydrogens is 363 g/mol. The quantitative estimate of drug-likeness (QED) is 0.787. The van der Waals surface area contributed by atoms with Gasteiger partial charge in [0.15, 0.2) is 0 Å². The lowest BCUT2D eigenvalue weighted by Crippen LogP contribution is -2.46. The molecule has 0 bridgehead atoms. The first-order valence-corrected chi connectivity index (χ1v) is 7.75. The fourth-order valence-electron chi connectivity index (χ4n) is 2.78. The second-order valence-electron chi connectivity index (χ2n) is 5.49. The molecule has 0 atom stereocenters. The molecule has 1 fully saturated rings. The Labute approximate surface area is 161 Å². The largest absolute Gasteiger partial charge is 0.497 e. The van der Waals surface area contributed by atoms with Crippen LogP contribution in [0.15, 0.2) is 36.7 Å². The number of methoxy groups -OCH3 is 2. The summed E-state index contributed by atoms with van der Waals surface area (Å²) in [6, 6.07) is 7.83. The summed E-state index contributed by atoms with van der Waals surface area (Å²) in [6.07, 6.45) is 3.58. The van der Waals surface area contributed by atoms with Crippen LogP contribution in [-0.2, 0) is 6.54 Å². The minimum Gasteiger partial charge on any atom is -0.497 e. The zero-order valence-corrected chi connectivity index (χ0v) is 16.1. The number of piperazine rings is 1. The Hall–Kier alpha value is -1.76. The fraction of sp³-hybridized carbons (Fsp3) is 0.412. The monoisotopic (exact) mass is 386 g/mol. The molecule has 0 unspecified atom stereocenters. The molecule has 1 saturated heterocycles. The Balaban J connectivity index is 0.00000156. The standard InChI is InChI=1S/C17H22N4O2.2ClH/c1-22-15-5-4-14(16(12-15)23-2)13-20-8-10-21(11-9-20)17-18-6-3-7-19-17;;/h3-7,12H,8-11,13H2,1-2H3;2*1H. The summed E-state index contributed by atoms with van der Waals surface area (Å²) in [6.45, 7) is 4.70. The number of nitrogens with zero attached hydrogens (tertiary/aromatic N) is 4. The maximum absolute atomic E-state index is 5.48. The van der Waals surface area contributed by atoms with E-state index in [0.717, 1.165) is 50.2 Å². The summed E-state index contributed by atoms with van der Waals surface area (Å²) in [4.78, 5) is 13.3. The van der Waals surface area contributed by atoms with Crippen LogP contribution in [0.1, 0.15) is 5.56 Å². The first kappa shape index (κ1) is 21.3. The van der Waals surface area contributed by atoms with E-state index in [1.54, 1.807) is 26.6 Å². The molecule has 0 aliphatic carbocycles. The van der Waals surface area contributed by atoms with E-state index in [1.165, 1.54) is 5.56 Å². The van der Waals surface area contributed by atoms with Crippen molar-refractivity contribution >= 4 is 30.8 Å². The lowest BCUT2D eigenvalue weighted by atomic mass is 10.1. The van der Waals surface area contributed by atoms with Gasteiger partial charge in [0.25, 0.3) is 0 Å². The van der Waals surface area contributed by atoms with Gasteiger partial charge in [-0.1, -0.05) is 6.07 Å². The molecule has 2 heterocycles. The Morgan fingerprint density at radius 1 is 0.960 bits per heavy atom. The van der Waals surface area contributed by atoms with Crippen LogP contribution in [0.4, 0.5) is 5.95 Å². The molecule has 1 aromatic heterocycles. The molecule has 1 aliphatic rings. The zero-order valence-electron chi connectivity index (χ0n) is 14.4. The normalized spacial score (nSPS) is 14.2. The smallest absolute Gasteiger partial charge is 0.225 e. The van der Waals surface area contributed by atoms with Crippen molar-refractivity contribution in [3.8, 4) is 11.5 Å². The molecule has 8 heteroatoms. The highest BCUT2D eigenvalue weighted by Gasteiger charge is 2.19. The lowest BCUT2D eigenvalue weighted by Gasteiger charge is -2.34. The van der Waals surface area contributed by atoms with Gasteiger partial charge in [0.1, 0.15) is 11.5 Å². The molecule has 3 rings (SSSR count). The maximum atomic E-state index is 5.48. The molecule has 0 amide bonds. The van der Waals surface area contributed by atoms with Gasteiger partial charge in [0, 0.05) is 56.7 Å². The molecule has 1 aliphatic heterocycles. The molecule has 0 radical (unpaired) electrons. The summed E-state index contributed by atoms with van der Waals surface area (Å²) in [5.74, 6) is 2.50. The van der Waals surface area contributed by atoms with Crippen molar-refractivity contribution in [2.45, 2.75) is 6.54 Å². The van der Waals surface area contributed by atoms with Crippen molar-refractivity contribution in [3.63, 3.8) is 0 Å². The van der Waals surface area contributed by atoms with Crippen molar-refractivity contribution in [1.29, 1.82) is 0 Å².